The summed E-state index contributed by atoms with van der Waals surface area (Å²) < 4.78 is 0. The predicted octanol–water partition coefficient (Wildman–Crippen LogP) is 5.32. The molecule has 0 spiro atoms. The summed E-state index contributed by atoms with van der Waals surface area (Å²) in [6, 6.07) is 11.8. The van der Waals surface area contributed by atoms with Crippen molar-refractivity contribution in [3.8, 4) is 6.07 Å². The van der Waals surface area contributed by atoms with Crippen LogP contribution in [0.3, 0.4) is 0 Å². The number of halogens is 1. The molecule has 1 aliphatic carbocycles. The Balaban J connectivity index is 2.01. The van der Waals surface area contributed by atoms with E-state index < -0.39 is 5.92 Å². The van der Waals surface area contributed by atoms with Gasteiger partial charge in [0.15, 0.2) is 5.78 Å². The van der Waals surface area contributed by atoms with Crippen molar-refractivity contribution in [2.24, 2.45) is 5.73 Å². The number of nitrogens with zero attached hydrogens (tertiary/aromatic N) is 2. The number of para-hydroxylation sites is 1. The molecule has 4 nitrogen and oxygen atoms in total. The first-order valence-corrected chi connectivity index (χ1v) is 10.4. The number of nitrogens with two attached hydrogens (primary N) is 1. The lowest BCUT2D eigenvalue weighted by Gasteiger charge is -2.39. The highest BCUT2D eigenvalue weighted by Gasteiger charge is 2.41. The number of aryl methyl sites for hydroxylation is 2. The molecule has 1 aliphatic heterocycles. The van der Waals surface area contributed by atoms with Gasteiger partial charge in [0.05, 0.1) is 28.3 Å². The van der Waals surface area contributed by atoms with Crippen LogP contribution in [0.4, 0.5) is 5.69 Å². The van der Waals surface area contributed by atoms with E-state index in [1.54, 1.807) is 17.4 Å². The molecule has 0 saturated heterocycles. The summed E-state index contributed by atoms with van der Waals surface area (Å²) in [5, 5.41) is 10.6. The van der Waals surface area contributed by atoms with E-state index in [1.165, 1.54) is 0 Å². The van der Waals surface area contributed by atoms with Gasteiger partial charge in [-0.15, -0.1) is 11.3 Å². The molecular formula is C22H20ClN3OS. The highest BCUT2D eigenvalue weighted by Crippen LogP contribution is 2.48. The molecule has 142 valence electrons. The number of carbonyl (C=O) groups excluding carboxylic acids is 1. The number of allylic oxidation sites excluding steroid dienone is 3. The van der Waals surface area contributed by atoms with E-state index in [0.717, 1.165) is 33.9 Å². The van der Waals surface area contributed by atoms with Crippen molar-refractivity contribution in [1.29, 1.82) is 5.26 Å². The number of Topliss-reactive ketones (excluding diaryl/α,β-unsaturated/α-hetero) is 1. The highest BCUT2D eigenvalue weighted by atomic mass is 35.5. The summed E-state index contributed by atoms with van der Waals surface area (Å²) in [6.07, 6.45) is 1.99. The van der Waals surface area contributed by atoms with E-state index in [1.807, 2.05) is 36.9 Å². The fourth-order valence-electron chi connectivity index (χ4n) is 4.24. The van der Waals surface area contributed by atoms with Crippen molar-refractivity contribution in [2.75, 3.05) is 4.90 Å². The van der Waals surface area contributed by atoms with Crippen molar-refractivity contribution in [1.82, 2.24) is 0 Å². The molecule has 0 amide bonds. The van der Waals surface area contributed by atoms with Gasteiger partial charge in [0, 0.05) is 27.4 Å². The van der Waals surface area contributed by atoms with Gasteiger partial charge in [-0.1, -0.05) is 23.7 Å². The number of ketones is 1. The molecule has 0 fully saturated rings. The standard InChI is InChI=1S/C22H20ClN3OS/c1-12-10-14(13(2)28-12)20-15(11-24)22(25)26(17-7-4-3-6-16(17)23)18-8-5-9-19(27)21(18)20/h3-4,6-7,10,20H,5,8-9,25H2,1-2H3/t20-/m0/s1. The monoisotopic (exact) mass is 409 g/mol. The Morgan fingerprint density at radius 2 is 2.04 bits per heavy atom. The van der Waals surface area contributed by atoms with E-state index in [-0.39, 0.29) is 5.78 Å². The lowest BCUT2D eigenvalue weighted by atomic mass is 9.75. The third-order valence-electron chi connectivity index (χ3n) is 5.40. The Kier molecular flexibility index (Phi) is 4.78. The second kappa shape index (κ2) is 7.12. The molecule has 1 aromatic carbocycles. The normalized spacial score (nSPS) is 19.7. The molecule has 0 radical (unpaired) electrons. The second-order valence-corrected chi connectivity index (χ2v) is 9.00. The van der Waals surface area contributed by atoms with E-state index in [2.05, 4.69) is 12.1 Å². The van der Waals surface area contributed by atoms with Gasteiger partial charge in [0.1, 0.15) is 5.82 Å². The van der Waals surface area contributed by atoms with Gasteiger partial charge in [-0.05, 0) is 50.5 Å². The van der Waals surface area contributed by atoms with Crippen molar-refractivity contribution in [3.05, 3.63) is 73.3 Å². The van der Waals surface area contributed by atoms with Crippen molar-refractivity contribution in [2.45, 2.75) is 39.0 Å². The van der Waals surface area contributed by atoms with Gasteiger partial charge in [-0.25, -0.2) is 0 Å². The van der Waals surface area contributed by atoms with E-state index in [0.29, 0.717) is 34.1 Å². The number of hydrogen-bond acceptors (Lipinski definition) is 5. The van der Waals surface area contributed by atoms with Crippen molar-refractivity contribution in [3.63, 3.8) is 0 Å². The molecule has 0 saturated carbocycles. The molecule has 6 heteroatoms. The van der Waals surface area contributed by atoms with E-state index in [9.17, 15) is 10.1 Å². The largest absolute Gasteiger partial charge is 0.384 e. The maximum absolute atomic E-state index is 13.1. The lowest BCUT2D eigenvalue weighted by Crippen LogP contribution is -2.38. The minimum atomic E-state index is -0.406. The second-order valence-electron chi connectivity index (χ2n) is 7.14. The number of rotatable bonds is 2. The minimum Gasteiger partial charge on any atom is -0.384 e. The molecular weight excluding hydrogens is 390 g/mol. The van der Waals surface area contributed by atoms with Crippen molar-refractivity contribution < 1.29 is 4.79 Å². The van der Waals surface area contributed by atoms with Gasteiger partial charge in [-0.2, -0.15) is 5.26 Å². The Bertz CT molecular complexity index is 1090. The number of thiophene rings is 1. The first kappa shape index (κ1) is 18.8. The maximum atomic E-state index is 13.1. The smallest absolute Gasteiger partial charge is 0.161 e. The van der Waals surface area contributed by atoms with Gasteiger partial charge >= 0.3 is 0 Å². The topological polar surface area (TPSA) is 70.1 Å². The Hall–Kier alpha value is -2.55. The molecule has 1 atom stereocenters. The van der Waals surface area contributed by atoms with Crippen LogP contribution in [0.2, 0.25) is 5.02 Å². The molecule has 0 unspecified atom stereocenters. The van der Waals surface area contributed by atoms with Crippen LogP contribution in [0.15, 0.2) is 53.0 Å². The number of carbonyl (C=O) groups is 1. The Labute approximate surface area is 173 Å². The SMILES string of the molecule is Cc1cc([C@H]2C(C#N)=C(N)N(c3ccccc3Cl)C3=C2C(=O)CCC3)c(C)s1. The quantitative estimate of drug-likeness (QED) is 0.728. The zero-order chi connectivity index (χ0) is 20.0. The molecule has 2 heterocycles. The van der Waals surface area contributed by atoms with Crippen LogP contribution in [0.1, 0.15) is 40.5 Å². The maximum Gasteiger partial charge on any atom is 0.161 e. The summed E-state index contributed by atoms with van der Waals surface area (Å²) >= 11 is 8.13. The number of nitriles is 1. The van der Waals surface area contributed by atoms with Gasteiger partial charge in [0.25, 0.3) is 0 Å². The zero-order valence-electron chi connectivity index (χ0n) is 15.8. The Morgan fingerprint density at radius 3 is 2.68 bits per heavy atom. The van der Waals surface area contributed by atoms with Crippen LogP contribution in [0.5, 0.6) is 0 Å². The zero-order valence-corrected chi connectivity index (χ0v) is 17.3. The molecule has 28 heavy (non-hydrogen) atoms. The summed E-state index contributed by atoms with van der Waals surface area (Å²) in [6.45, 7) is 4.07. The third kappa shape index (κ3) is 2.85. The van der Waals surface area contributed by atoms with Gasteiger partial charge in [-0.3, -0.25) is 9.69 Å². The van der Waals surface area contributed by atoms with Crippen LogP contribution < -0.4 is 10.6 Å². The molecule has 1 aromatic heterocycles. The molecule has 0 bridgehead atoms. The van der Waals surface area contributed by atoms with Crippen LogP contribution in [0.25, 0.3) is 0 Å². The van der Waals surface area contributed by atoms with Gasteiger partial charge < -0.3 is 5.73 Å². The summed E-state index contributed by atoms with van der Waals surface area (Å²) in [5.41, 5.74) is 10.2. The van der Waals surface area contributed by atoms with Crippen LogP contribution in [-0.2, 0) is 4.79 Å². The van der Waals surface area contributed by atoms with E-state index in [4.69, 9.17) is 17.3 Å². The predicted molar refractivity (Wildman–Crippen MR) is 113 cm³/mol. The minimum absolute atomic E-state index is 0.0896. The van der Waals surface area contributed by atoms with Crippen molar-refractivity contribution >= 4 is 34.4 Å². The molecule has 2 aliphatic rings. The number of benzene rings is 1. The fraction of sp³-hybridized carbons (Fsp3) is 0.273. The average Bonchev–Trinajstić information content (AvgIpc) is 3.00. The highest BCUT2D eigenvalue weighted by molar-refractivity contribution is 7.12. The lowest BCUT2D eigenvalue weighted by molar-refractivity contribution is -0.116. The average molecular weight is 410 g/mol. The van der Waals surface area contributed by atoms with E-state index >= 15 is 0 Å². The summed E-state index contributed by atoms with van der Waals surface area (Å²) in [5.74, 6) is 0.0422. The first-order valence-electron chi connectivity index (χ1n) is 9.21. The Morgan fingerprint density at radius 1 is 1.29 bits per heavy atom. The molecule has 2 aromatic rings. The summed E-state index contributed by atoms with van der Waals surface area (Å²) in [4.78, 5) is 17.2. The van der Waals surface area contributed by atoms with Gasteiger partial charge in [0.2, 0.25) is 0 Å². The third-order valence-corrected chi connectivity index (χ3v) is 6.70. The summed E-state index contributed by atoms with van der Waals surface area (Å²) in [7, 11) is 0. The van der Waals surface area contributed by atoms with Crippen LogP contribution in [0, 0.1) is 25.2 Å². The number of hydrogen-bond donors (Lipinski definition) is 1. The molecule has 2 N–H and O–H groups in total. The fourth-order valence-corrected chi connectivity index (χ4v) is 5.43. The molecule has 4 rings (SSSR count). The number of anilines is 1. The first-order chi connectivity index (χ1) is 13.4. The van der Waals surface area contributed by atoms with Crippen LogP contribution >= 0.6 is 22.9 Å². The van der Waals surface area contributed by atoms with Crippen LogP contribution in [-0.4, -0.2) is 5.78 Å².